The number of hydrogen-bond donors (Lipinski definition) is 1. The SMILES string of the molecule is Cc1ccc2c(cnn2C(=O)Nc2cc(F)ccc2F)c1. The Kier molecular flexibility index (Phi) is 3.13. The molecule has 0 aliphatic heterocycles. The summed E-state index contributed by atoms with van der Waals surface area (Å²) >= 11 is 0. The molecule has 0 fully saturated rings. The van der Waals surface area contributed by atoms with Gasteiger partial charge in [0.25, 0.3) is 0 Å². The minimum atomic E-state index is -0.711. The molecule has 1 amide bonds. The average Bonchev–Trinajstić information content (AvgIpc) is 2.85. The number of amides is 1. The van der Waals surface area contributed by atoms with E-state index in [9.17, 15) is 13.6 Å². The van der Waals surface area contributed by atoms with E-state index in [0.29, 0.717) is 5.52 Å². The maximum Gasteiger partial charge on any atom is 0.347 e. The molecule has 6 heteroatoms. The standard InChI is InChI=1S/C15H11F2N3O/c1-9-2-5-14-10(6-9)8-18-20(14)15(21)19-13-7-11(16)3-4-12(13)17/h2-8H,1H3,(H,19,21). The van der Waals surface area contributed by atoms with Crippen LogP contribution in [0.25, 0.3) is 10.9 Å². The fraction of sp³-hybridized carbons (Fsp3) is 0.0667. The van der Waals surface area contributed by atoms with Gasteiger partial charge in [-0.2, -0.15) is 9.78 Å². The topological polar surface area (TPSA) is 46.9 Å². The lowest BCUT2D eigenvalue weighted by Crippen LogP contribution is -2.21. The van der Waals surface area contributed by atoms with Gasteiger partial charge in [-0.15, -0.1) is 0 Å². The summed E-state index contributed by atoms with van der Waals surface area (Å²) in [5.74, 6) is -1.34. The van der Waals surface area contributed by atoms with Gasteiger partial charge in [-0.3, -0.25) is 0 Å². The molecule has 0 unspecified atom stereocenters. The average molecular weight is 287 g/mol. The van der Waals surface area contributed by atoms with Crippen LogP contribution < -0.4 is 5.32 Å². The number of nitrogens with zero attached hydrogens (tertiary/aromatic N) is 2. The van der Waals surface area contributed by atoms with Gasteiger partial charge in [0.05, 0.1) is 17.4 Å². The molecule has 0 aliphatic carbocycles. The minimum Gasteiger partial charge on any atom is -0.303 e. The van der Waals surface area contributed by atoms with Gasteiger partial charge in [0, 0.05) is 11.5 Å². The Labute approximate surface area is 119 Å². The zero-order chi connectivity index (χ0) is 15.0. The zero-order valence-electron chi connectivity index (χ0n) is 11.1. The van der Waals surface area contributed by atoms with Gasteiger partial charge in [0.2, 0.25) is 0 Å². The molecular weight excluding hydrogens is 276 g/mol. The van der Waals surface area contributed by atoms with Gasteiger partial charge in [0.1, 0.15) is 11.6 Å². The van der Waals surface area contributed by atoms with Crippen LogP contribution in [-0.4, -0.2) is 15.8 Å². The molecule has 2 aromatic carbocycles. The predicted molar refractivity (Wildman–Crippen MR) is 75.2 cm³/mol. The minimum absolute atomic E-state index is 0.226. The monoisotopic (exact) mass is 287 g/mol. The molecule has 0 radical (unpaired) electrons. The van der Waals surface area contributed by atoms with Crippen molar-refractivity contribution in [1.82, 2.24) is 9.78 Å². The molecule has 0 spiro atoms. The van der Waals surface area contributed by atoms with Crippen molar-refractivity contribution in [1.29, 1.82) is 0 Å². The largest absolute Gasteiger partial charge is 0.347 e. The number of hydrogen-bond acceptors (Lipinski definition) is 2. The van der Waals surface area contributed by atoms with E-state index in [-0.39, 0.29) is 5.69 Å². The number of aromatic nitrogens is 2. The van der Waals surface area contributed by atoms with Crippen LogP contribution in [0.1, 0.15) is 5.56 Å². The molecule has 0 saturated carbocycles. The third kappa shape index (κ3) is 2.47. The fourth-order valence-corrected chi connectivity index (χ4v) is 2.08. The van der Waals surface area contributed by atoms with Gasteiger partial charge in [-0.25, -0.2) is 13.6 Å². The van der Waals surface area contributed by atoms with Crippen molar-refractivity contribution in [3.8, 4) is 0 Å². The highest BCUT2D eigenvalue weighted by molar-refractivity contribution is 5.97. The maximum absolute atomic E-state index is 13.5. The summed E-state index contributed by atoms with van der Waals surface area (Å²) in [5.41, 5.74) is 1.41. The van der Waals surface area contributed by atoms with Crippen molar-refractivity contribution < 1.29 is 13.6 Å². The number of fused-ring (bicyclic) bond motifs is 1. The number of halogens is 2. The predicted octanol–water partition coefficient (Wildman–Crippen LogP) is 3.70. The van der Waals surface area contributed by atoms with E-state index in [1.54, 1.807) is 12.3 Å². The molecule has 3 rings (SSSR count). The number of rotatable bonds is 1. The van der Waals surface area contributed by atoms with Crippen molar-refractivity contribution in [2.75, 3.05) is 5.32 Å². The van der Waals surface area contributed by atoms with E-state index < -0.39 is 17.7 Å². The second-order valence-corrected chi connectivity index (χ2v) is 4.67. The molecule has 3 aromatic rings. The Balaban J connectivity index is 1.95. The molecule has 106 valence electrons. The van der Waals surface area contributed by atoms with Crippen LogP contribution in [0.5, 0.6) is 0 Å². The molecule has 0 atom stereocenters. The van der Waals surface area contributed by atoms with Gasteiger partial charge >= 0.3 is 6.03 Å². The normalized spacial score (nSPS) is 10.8. The lowest BCUT2D eigenvalue weighted by molar-refractivity contribution is 0.251. The third-order valence-corrected chi connectivity index (χ3v) is 3.09. The van der Waals surface area contributed by atoms with Crippen LogP contribution in [0.4, 0.5) is 19.3 Å². The fourth-order valence-electron chi connectivity index (χ4n) is 2.08. The summed E-state index contributed by atoms with van der Waals surface area (Å²) < 4.78 is 27.7. The lowest BCUT2D eigenvalue weighted by atomic mass is 10.2. The molecule has 0 bridgehead atoms. The van der Waals surface area contributed by atoms with E-state index in [1.165, 1.54) is 0 Å². The molecular formula is C15H11F2N3O. The smallest absolute Gasteiger partial charge is 0.303 e. The Morgan fingerprint density at radius 1 is 1.19 bits per heavy atom. The first-order chi connectivity index (χ1) is 10.0. The number of carbonyl (C=O) groups excluding carboxylic acids is 1. The van der Waals surface area contributed by atoms with Crippen LogP contribution in [0.3, 0.4) is 0 Å². The maximum atomic E-state index is 13.5. The van der Waals surface area contributed by atoms with E-state index in [0.717, 1.165) is 33.8 Å². The summed E-state index contributed by atoms with van der Waals surface area (Å²) in [5, 5.41) is 7.08. The Morgan fingerprint density at radius 3 is 2.81 bits per heavy atom. The highest BCUT2D eigenvalue weighted by Crippen LogP contribution is 2.18. The Hall–Kier alpha value is -2.76. The molecule has 4 nitrogen and oxygen atoms in total. The number of aryl methyl sites for hydroxylation is 1. The van der Waals surface area contributed by atoms with Gasteiger partial charge in [-0.05, 0) is 31.2 Å². The number of anilines is 1. The first-order valence-corrected chi connectivity index (χ1v) is 6.25. The summed E-state index contributed by atoms with van der Waals surface area (Å²) in [7, 11) is 0. The van der Waals surface area contributed by atoms with Crippen LogP contribution in [-0.2, 0) is 0 Å². The zero-order valence-corrected chi connectivity index (χ0v) is 11.1. The second-order valence-electron chi connectivity index (χ2n) is 4.67. The van der Waals surface area contributed by atoms with Crippen LogP contribution in [0.2, 0.25) is 0 Å². The van der Waals surface area contributed by atoms with Gasteiger partial charge in [-0.1, -0.05) is 11.6 Å². The van der Waals surface area contributed by atoms with Crippen molar-refractivity contribution in [2.45, 2.75) is 6.92 Å². The van der Waals surface area contributed by atoms with Crippen LogP contribution in [0.15, 0.2) is 42.6 Å². The summed E-state index contributed by atoms with van der Waals surface area (Å²) in [6.07, 6.45) is 1.55. The molecule has 1 aromatic heterocycles. The van der Waals surface area contributed by atoms with Gasteiger partial charge < -0.3 is 5.32 Å². The Bertz CT molecular complexity index is 842. The van der Waals surface area contributed by atoms with Crippen LogP contribution in [0, 0.1) is 18.6 Å². The van der Waals surface area contributed by atoms with Crippen molar-refractivity contribution in [3.63, 3.8) is 0 Å². The van der Waals surface area contributed by atoms with E-state index in [2.05, 4.69) is 10.4 Å². The number of carbonyl (C=O) groups is 1. The summed E-state index contributed by atoms with van der Waals surface area (Å²) in [6.45, 7) is 1.93. The van der Waals surface area contributed by atoms with E-state index in [4.69, 9.17) is 0 Å². The van der Waals surface area contributed by atoms with Crippen molar-refractivity contribution in [2.24, 2.45) is 0 Å². The first-order valence-electron chi connectivity index (χ1n) is 6.25. The summed E-state index contributed by atoms with van der Waals surface area (Å²) in [4.78, 5) is 12.1. The number of nitrogens with one attached hydrogen (secondary N) is 1. The van der Waals surface area contributed by atoms with E-state index in [1.807, 2.05) is 19.1 Å². The quantitative estimate of drug-likeness (QED) is 0.741. The van der Waals surface area contributed by atoms with Crippen LogP contribution >= 0.6 is 0 Å². The first kappa shape index (κ1) is 13.2. The summed E-state index contributed by atoms with van der Waals surface area (Å²) in [6, 6.07) is 7.68. The molecule has 1 heterocycles. The van der Waals surface area contributed by atoms with Crippen molar-refractivity contribution in [3.05, 3.63) is 59.8 Å². The highest BCUT2D eigenvalue weighted by Gasteiger charge is 2.13. The molecule has 0 aliphatic rings. The molecule has 21 heavy (non-hydrogen) atoms. The molecule has 1 N–H and O–H groups in total. The van der Waals surface area contributed by atoms with E-state index >= 15 is 0 Å². The van der Waals surface area contributed by atoms with Crippen molar-refractivity contribution >= 4 is 22.6 Å². The molecule has 0 saturated heterocycles. The van der Waals surface area contributed by atoms with Gasteiger partial charge in [0.15, 0.2) is 0 Å². The third-order valence-electron chi connectivity index (χ3n) is 3.09. The highest BCUT2D eigenvalue weighted by atomic mass is 19.1. The second kappa shape index (κ2) is 4.97. The number of benzene rings is 2. The Morgan fingerprint density at radius 2 is 2.00 bits per heavy atom. The lowest BCUT2D eigenvalue weighted by Gasteiger charge is -2.07.